The first-order valence-corrected chi connectivity index (χ1v) is 12.9. The number of anilines is 1. The lowest BCUT2D eigenvalue weighted by atomic mass is 10.0. The Morgan fingerprint density at radius 2 is 1.33 bits per heavy atom. The van der Waals surface area contributed by atoms with E-state index in [4.69, 9.17) is 0 Å². The van der Waals surface area contributed by atoms with Gasteiger partial charge in [0.2, 0.25) is 0 Å². The lowest BCUT2D eigenvalue weighted by molar-refractivity contribution is -0.385. The topological polar surface area (TPSA) is 70.2 Å². The molecule has 0 spiro atoms. The maximum atomic E-state index is 11.0. The monoisotopic (exact) mass is 481 g/mol. The summed E-state index contributed by atoms with van der Waals surface area (Å²) in [6.07, 6.45) is 11.3. The van der Waals surface area contributed by atoms with Crippen molar-refractivity contribution in [3.8, 4) is 17.2 Å². The first-order chi connectivity index (χ1) is 17.5. The maximum Gasteiger partial charge on any atom is 0.287 e. The Hall–Kier alpha value is -3.91. The van der Waals surface area contributed by atoms with Crippen LogP contribution < -0.4 is 4.90 Å². The summed E-state index contributed by atoms with van der Waals surface area (Å²) in [5.74, 6) is 0. The number of nitrogens with zero attached hydrogens (tertiary/aromatic N) is 3. The molecule has 5 heteroatoms. The molecule has 186 valence electrons. The van der Waals surface area contributed by atoms with Crippen LogP contribution in [0.3, 0.4) is 0 Å². The zero-order chi connectivity index (χ0) is 25.8. The number of hydrogen-bond acceptors (Lipinski definition) is 4. The minimum Gasteiger partial charge on any atom is -0.372 e. The van der Waals surface area contributed by atoms with Gasteiger partial charge >= 0.3 is 0 Å². The van der Waals surface area contributed by atoms with Gasteiger partial charge in [-0.15, -0.1) is 0 Å². The van der Waals surface area contributed by atoms with Crippen molar-refractivity contribution < 1.29 is 4.92 Å². The largest absolute Gasteiger partial charge is 0.372 e. The Kier molecular flexibility index (Phi) is 10.3. The summed E-state index contributed by atoms with van der Waals surface area (Å²) in [7, 11) is 0. The van der Waals surface area contributed by atoms with Gasteiger partial charge in [0.1, 0.15) is 11.6 Å². The Bertz CT molecular complexity index is 1180. The van der Waals surface area contributed by atoms with E-state index in [1.165, 1.54) is 55.8 Å². The van der Waals surface area contributed by atoms with E-state index in [-0.39, 0.29) is 11.3 Å². The Balaban J connectivity index is 1.68. The predicted molar refractivity (Wildman–Crippen MR) is 150 cm³/mol. The van der Waals surface area contributed by atoms with Crippen LogP contribution in [0.5, 0.6) is 0 Å². The van der Waals surface area contributed by atoms with E-state index in [0.29, 0.717) is 0 Å². The van der Waals surface area contributed by atoms with Gasteiger partial charge in [-0.1, -0.05) is 88.1 Å². The van der Waals surface area contributed by atoms with Gasteiger partial charge in [0, 0.05) is 24.8 Å². The molecule has 0 N–H and O–H groups in total. The molecular weight excluding hydrogens is 446 g/mol. The van der Waals surface area contributed by atoms with Crippen molar-refractivity contribution in [2.45, 2.75) is 52.4 Å². The predicted octanol–water partition coefficient (Wildman–Crippen LogP) is 8.49. The third-order valence-corrected chi connectivity index (χ3v) is 6.35. The summed E-state index contributed by atoms with van der Waals surface area (Å²) in [6, 6.07) is 23.7. The van der Waals surface area contributed by atoms with Crippen LogP contribution in [0.25, 0.3) is 23.3 Å². The van der Waals surface area contributed by atoms with Crippen LogP contribution in [0.2, 0.25) is 0 Å². The van der Waals surface area contributed by atoms with E-state index >= 15 is 0 Å². The molecule has 0 aliphatic heterocycles. The van der Waals surface area contributed by atoms with Gasteiger partial charge < -0.3 is 4.90 Å². The van der Waals surface area contributed by atoms with Crippen LogP contribution in [0.4, 0.5) is 11.4 Å². The van der Waals surface area contributed by atoms with E-state index < -0.39 is 4.92 Å². The van der Waals surface area contributed by atoms with Gasteiger partial charge in [0.25, 0.3) is 5.69 Å². The molecule has 5 nitrogen and oxygen atoms in total. The normalized spacial score (nSPS) is 10.9. The van der Waals surface area contributed by atoms with Crippen LogP contribution in [0, 0.1) is 21.4 Å². The summed E-state index contributed by atoms with van der Waals surface area (Å²) in [4.78, 5) is 13.0. The lowest BCUT2D eigenvalue weighted by Crippen LogP contribution is -2.25. The summed E-state index contributed by atoms with van der Waals surface area (Å²) < 4.78 is 0. The van der Waals surface area contributed by atoms with Gasteiger partial charge in [0.15, 0.2) is 0 Å². The van der Waals surface area contributed by atoms with Crippen molar-refractivity contribution in [1.82, 2.24) is 0 Å². The van der Waals surface area contributed by atoms with E-state index in [9.17, 15) is 15.4 Å². The van der Waals surface area contributed by atoms with Gasteiger partial charge in [-0.3, -0.25) is 10.1 Å². The number of rotatable bonds is 13. The van der Waals surface area contributed by atoms with Crippen LogP contribution in [-0.2, 0) is 0 Å². The molecule has 0 atom stereocenters. The molecule has 0 aliphatic rings. The van der Waals surface area contributed by atoms with Crippen molar-refractivity contribution in [3.63, 3.8) is 0 Å². The first-order valence-electron chi connectivity index (χ1n) is 12.9. The van der Waals surface area contributed by atoms with Gasteiger partial charge in [-0.25, -0.2) is 0 Å². The molecule has 0 heterocycles. The van der Waals surface area contributed by atoms with Gasteiger partial charge in [-0.05, 0) is 59.4 Å². The van der Waals surface area contributed by atoms with Crippen molar-refractivity contribution in [2.24, 2.45) is 0 Å². The average Bonchev–Trinajstić information content (AvgIpc) is 2.91. The second-order valence-corrected chi connectivity index (χ2v) is 9.05. The number of nitro groups is 1. The van der Waals surface area contributed by atoms with E-state index in [0.717, 1.165) is 29.8 Å². The molecule has 0 saturated carbocycles. The van der Waals surface area contributed by atoms with Crippen LogP contribution in [-0.4, -0.2) is 18.0 Å². The Morgan fingerprint density at radius 3 is 1.86 bits per heavy atom. The standard InChI is InChI=1S/C31H35N3O2/c1-3-5-7-21-33(22-8-6-4-2)30-18-16-28(17-19-30)27-14-11-25(12-15-27)9-10-26-13-20-31(34(35)36)29(23-26)24-32/h9-20,23H,3-8,21-22H2,1-2H3/b10-9+. The number of nitro benzene ring substituents is 1. The molecule has 3 aromatic carbocycles. The molecule has 0 unspecified atom stereocenters. The average molecular weight is 482 g/mol. The van der Waals surface area contributed by atoms with Crippen LogP contribution in [0.1, 0.15) is 69.1 Å². The molecule has 0 aromatic heterocycles. The minimum absolute atomic E-state index is 0.0650. The molecule has 0 bridgehead atoms. The Labute approximate surface area is 214 Å². The highest BCUT2D eigenvalue weighted by Crippen LogP contribution is 2.25. The molecule has 0 saturated heterocycles. The molecule has 0 aliphatic carbocycles. The van der Waals surface area contributed by atoms with Gasteiger partial charge in [-0.2, -0.15) is 5.26 Å². The fraction of sp³-hybridized carbons (Fsp3) is 0.323. The van der Waals surface area contributed by atoms with E-state index in [1.807, 2.05) is 18.2 Å². The maximum absolute atomic E-state index is 11.0. The van der Waals surface area contributed by atoms with Crippen LogP contribution >= 0.6 is 0 Å². The van der Waals surface area contributed by atoms with Crippen molar-refractivity contribution >= 4 is 23.5 Å². The number of benzene rings is 3. The zero-order valence-electron chi connectivity index (χ0n) is 21.3. The van der Waals surface area contributed by atoms with Crippen LogP contribution in [0.15, 0.2) is 66.7 Å². The fourth-order valence-corrected chi connectivity index (χ4v) is 4.23. The molecule has 3 aromatic rings. The summed E-state index contributed by atoms with van der Waals surface area (Å²) in [5.41, 5.74) is 5.30. The summed E-state index contributed by atoms with van der Waals surface area (Å²) in [6.45, 7) is 6.72. The third-order valence-electron chi connectivity index (χ3n) is 6.35. The number of nitriles is 1. The molecule has 0 radical (unpaired) electrons. The smallest absolute Gasteiger partial charge is 0.287 e. The van der Waals surface area contributed by atoms with E-state index in [2.05, 4.69) is 67.3 Å². The highest BCUT2D eigenvalue weighted by molar-refractivity contribution is 5.74. The van der Waals surface area contributed by atoms with E-state index in [1.54, 1.807) is 12.1 Å². The minimum atomic E-state index is -0.534. The first kappa shape index (κ1) is 26.7. The molecule has 0 fully saturated rings. The molecule has 3 rings (SSSR count). The summed E-state index contributed by atoms with van der Waals surface area (Å²) in [5, 5.41) is 20.2. The number of unbranched alkanes of at least 4 members (excludes halogenated alkanes) is 4. The second-order valence-electron chi connectivity index (χ2n) is 9.05. The molecule has 0 amide bonds. The quantitative estimate of drug-likeness (QED) is 0.106. The third kappa shape index (κ3) is 7.55. The highest BCUT2D eigenvalue weighted by Gasteiger charge is 2.12. The van der Waals surface area contributed by atoms with Crippen molar-refractivity contribution in [1.29, 1.82) is 5.26 Å². The fourth-order valence-electron chi connectivity index (χ4n) is 4.23. The lowest BCUT2D eigenvalue weighted by Gasteiger charge is -2.25. The highest BCUT2D eigenvalue weighted by atomic mass is 16.6. The van der Waals surface area contributed by atoms with Gasteiger partial charge in [0.05, 0.1) is 4.92 Å². The molecular formula is C31H35N3O2. The molecule has 36 heavy (non-hydrogen) atoms. The second kappa shape index (κ2) is 13.8. The number of hydrogen-bond donors (Lipinski definition) is 0. The van der Waals surface area contributed by atoms with Crippen molar-refractivity contribution in [2.75, 3.05) is 18.0 Å². The zero-order valence-corrected chi connectivity index (χ0v) is 21.3. The van der Waals surface area contributed by atoms with Crippen molar-refractivity contribution in [3.05, 3.63) is 93.5 Å². The SMILES string of the molecule is CCCCCN(CCCCC)c1ccc(-c2ccc(/C=C/c3ccc([N+](=O)[O-])c(C#N)c3)cc2)cc1. The summed E-state index contributed by atoms with van der Waals surface area (Å²) >= 11 is 0. The Morgan fingerprint density at radius 1 is 0.806 bits per heavy atom.